The highest BCUT2D eigenvalue weighted by atomic mass is 16.5. The fraction of sp³-hybridized carbons (Fsp3) is 0.375. The molecule has 1 saturated heterocycles. The molecule has 1 aromatic carbocycles. The maximum absolute atomic E-state index is 11.2. The zero-order valence-corrected chi connectivity index (χ0v) is 12.7. The van der Waals surface area contributed by atoms with Crippen molar-refractivity contribution in [3.05, 3.63) is 30.0 Å². The van der Waals surface area contributed by atoms with Gasteiger partial charge in [-0.25, -0.2) is 4.79 Å². The molecule has 6 nitrogen and oxygen atoms in total. The minimum Gasteiger partial charge on any atom is -0.497 e. The molecule has 0 saturated carbocycles. The number of aromatic carboxylic acids is 1. The van der Waals surface area contributed by atoms with Crippen LogP contribution in [-0.2, 0) is 7.05 Å². The molecule has 1 fully saturated rings. The summed E-state index contributed by atoms with van der Waals surface area (Å²) in [5.41, 5.74) is 2.87. The zero-order chi connectivity index (χ0) is 15.7. The van der Waals surface area contributed by atoms with Gasteiger partial charge in [0.1, 0.15) is 5.75 Å². The van der Waals surface area contributed by atoms with Crippen LogP contribution in [0.15, 0.2) is 24.3 Å². The molecule has 3 rings (SSSR count). The summed E-state index contributed by atoms with van der Waals surface area (Å²) in [6, 6.07) is 7.52. The molecule has 2 aromatic rings. The molecule has 0 amide bonds. The van der Waals surface area contributed by atoms with E-state index in [0.717, 1.165) is 35.8 Å². The van der Waals surface area contributed by atoms with Crippen LogP contribution in [0.3, 0.4) is 0 Å². The molecule has 0 aliphatic carbocycles. The highest BCUT2D eigenvalue weighted by Gasteiger charge is 2.20. The van der Waals surface area contributed by atoms with Gasteiger partial charge in [0.15, 0.2) is 5.69 Å². The first-order valence-corrected chi connectivity index (χ1v) is 7.31. The Morgan fingerprint density at radius 1 is 1.27 bits per heavy atom. The lowest BCUT2D eigenvalue weighted by atomic mass is 10.1. The maximum atomic E-state index is 11.2. The molecule has 1 aliphatic heterocycles. The number of carboxylic acids is 1. The van der Waals surface area contributed by atoms with Crippen molar-refractivity contribution in [3.8, 4) is 17.0 Å². The fourth-order valence-electron chi connectivity index (χ4n) is 2.90. The number of nitrogens with zero attached hydrogens (tertiary/aromatic N) is 3. The first-order valence-electron chi connectivity index (χ1n) is 7.31. The smallest absolute Gasteiger partial charge is 0.356 e. The number of aryl methyl sites for hydroxylation is 1. The standard InChI is InChI=1S/C16H19N3O3/c1-18-15(10-13(17-18)16(20)21)12-9-11(22-2)5-6-14(12)19-7-3-4-8-19/h5-6,9-10H,3-4,7-8H2,1-2H3,(H,20,21). The van der Waals surface area contributed by atoms with E-state index in [1.807, 2.05) is 18.2 Å². The van der Waals surface area contributed by atoms with Crippen LogP contribution in [-0.4, -0.2) is 41.1 Å². The van der Waals surface area contributed by atoms with Crippen molar-refractivity contribution in [1.29, 1.82) is 0 Å². The second-order valence-corrected chi connectivity index (χ2v) is 5.42. The number of aromatic nitrogens is 2. The lowest BCUT2D eigenvalue weighted by Crippen LogP contribution is -2.18. The predicted molar refractivity (Wildman–Crippen MR) is 83.6 cm³/mol. The number of carboxylic acid groups (broad SMARTS) is 1. The lowest BCUT2D eigenvalue weighted by Gasteiger charge is -2.22. The van der Waals surface area contributed by atoms with Gasteiger partial charge in [-0.05, 0) is 37.1 Å². The Morgan fingerprint density at radius 2 is 2.00 bits per heavy atom. The molecule has 0 unspecified atom stereocenters. The van der Waals surface area contributed by atoms with Crippen molar-refractivity contribution in [2.75, 3.05) is 25.1 Å². The Kier molecular flexibility index (Phi) is 3.75. The van der Waals surface area contributed by atoms with Gasteiger partial charge in [-0.3, -0.25) is 4.68 Å². The van der Waals surface area contributed by atoms with Crippen molar-refractivity contribution in [2.24, 2.45) is 7.05 Å². The maximum Gasteiger partial charge on any atom is 0.356 e. The van der Waals surface area contributed by atoms with Crippen molar-refractivity contribution >= 4 is 11.7 Å². The largest absolute Gasteiger partial charge is 0.497 e. The van der Waals surface area contributed by atoms with Gasteiger partial charge in [-0.1, -0.05) is 0 Å². The molecular weight excluding hydrogens is 282 g/mol. The van der Waals surface area contributed by atoms with Gasteiger partial charge in [0.05, 0.1) is 12.8 Å². The number of hydrogen-bond acceptors (Lipinski definition) is 4. The van der Waals surface area contributed by atoms with Gasteiger partial charge in [0, 0.05) is 31.4 Å². The second-order valence-electron chi connectivity index (χ2n) is 5.42. The highest BCUT2D eigenvalue weighted by molar-refractivity contribution is 5.88. The number of hydrogen-bond donors (Lipinski definition) is 1. The van der Waals surface area contributed by atoms with Gasteiger partial charge >= 0.3 is 5.97 Å². The van der Waals surface area contributed by atoms with E-state index in [1.165, 1.54) is 12.8 Å². The average molecular weight is 301 g/mol. The Bertz CT molecular complexity index is 703. The summed E-state index contributed by atoms with van der Waals surface area (Å²) in [5, 5.41) is 13.2. The molecular formula is C16H19N3O3. The average Bonchev–Trinajstić information content (AvgIpc) is 3.16. The van der Waals surface area contributed by atoms with Gasteiger partial charge in [0.25, 0.3) is 0 Å². The van der Waals surface area contributed by atoms with Crippen molar-refractivity contribution in [3.63, 3.8) is 0 Å². The van der Waals surface area contributed by atoms with E-state index in [9.17, 15) is 4.79 Å². The molecule has 1 aliphatic rings. The van der Waals surface area contributed by atoms with Crippen LogP contribution in [0.1, 0.15) is 23.3 Å². The molecule has 116 valence electrons. The number of carbonyl (C=O) groups is 1. The summed E-state index contributed by atoms with van der Waals surface area (Å²) < 4.78 is 6.93. The van der Waals surface area contributed by atoms with Crippen LogP contribution in [0.4, 0.5) is 5.69 Å². The molecule has 0 bridgehead atoms. The van der Waals surface area contributed by atoms with Gasteiger partial charge < -0.3 is 14.7 Å². The monoisotopic (exact) mass is 301 g/mol. The fourth-order valence-corrected chi connectivity index (χ4v) is 2.90. The van der Waals surface area contributed by atoms with Crippen LogP contribution in [0.5, 0.6) is 5.75 Å². The first-order chi connectivity index (χ1) is 10.6. The van der Waals surface area contributed by atoms with E-state index in [1.54, 1.807) is 24.9 Å². The minimum absolute atomic E-state index is 0.0488. The number of rotatable bonds is 4. The summed E-state index contributed by atoms with van der Waals surface area (Å²) in [6.07, 6.45) is 2.36. The van der Waals surface area contributed by atoms with E-state index in [0.29, 0.717) is 0 Å². The Morgan fingerprint density at radius 3 is 2.59 bits per heavy atom. The van der Waals surface area contributed by atoms with Crippen LogP contribution in [0.25, 0.3) is 11.3 Å². The number of methoxy groups -OCH3 is 1. The third kappa shape index (κ3) is 2.52. The van der Waals surface area contributed by atoms with E-state index in [4.69, 9.17) is 9.84 Å². The Labute approximate surface area is 128 Å². The third-order valence-electron chi connectivity index (χ3n) is 4.03. The first kappa shape index (κ1) is 14.4. The van der Waals surface area contributed by atoms with E-state index >= 15 is 0 Å². The summed E-state index contributed by atoms with van der Waals surface area (Å²) in [4.78, 5) is 13.5. The van der Waals surface area contributed by atoms with E-state index < -0.39 is 5.97 Å². The summed E-state index contributed by atoms with van der Waals surface area (Å²) in [7, 11) is 3.38. The zero-order valence-electron chi connectivity index (χ0n) is 12.7. The summed E-state index contributed by atoms with van der Waals surface area (Å²) in [5.74, 6) is -0.275. The van der Waals surface area contributed by atoms with Crippen LogP contribution in [0.2, 0.25) is 0 Å². The van der Waals surface area contributed by atoms with E-state index in [-0.39, 0.29) is 5.69 Å². The van der Waals surface area contributed by atoms with Crippen molar-refractivity contribution in [1.82, 2.24) is 9.78 Å². The van der Waals surface area contributed by atoms with Crippen LogP contribution < -0.4 is 9.64 Å². The minimum atomic E-state index is -1.02. The van der Waals surface area contributed by atoms with Crippen LogP contribution in [0, 0.1) is 0 Å². The molecule has 22 heavy (non-hydrogen) atoms. The topological polar surface area (TPSA) is 67.6 Å². The number of benzene rings is 1. The van der Waals surface area contributed by atoms with E-state index in [2.05, 4.69) is 10.00 Å². The normalized spacial score (nSPS) is 14.4. The predicted octanol–water partition coefficient (Wildman–Crippen LogP) is 2.39. The third-order valence-corrected chi connectivity index (χ3v) is 4.03. The molecule has 1 aromatic heterocycles. The number of anilines is 1. The van der Waals surface area contributed by atoms with Crippen molar-refractivity contribution < 1.29 is 14.6 Å². The molecule has 1 N–H and O–H groups in total. The second kappa shape index (κ2) is 5.71. The van der Waals surface area contributed by atoms with Crippen molar-refractivity contribution in [2.45, 2.75) is 12.8 Å². The van der Waals surface area contributed by atoms with Crippen LogP contribution >= 0.6 is 0 Å². The lowest BCUT2D eigenvalue weighted by molar-refractivity contribution is 0.0689. The molecule has 0 radical (unpaired) electrons. The molecule has 2 heterocycles. The Hall–Kier alpha value is -2.50. The van der Waals surface area contributed by atoms with Gasteiger partial charge in [0.2, 0.25) is 0 Å². The Balaban J connectivity index is 2.12. The quantitative estimate of drug-likeness (QED) is 0.939. The molecule has 6 heteroatoms. The van der Waals surface area contributed by atoms with Gasteiger partial charge in [-0.15, -0.1) is 0 Å². The van der Waals surface area contributed by atoms with Gasteiger partial charge in [-0.2, -0.15) is 5.10 Å². The molecule has 0 atom stereocenters. The SMILES string of the molecule is COc1ccc(N2CCCC2)c(-c2cc(C(=O)O)nn2C)c1. The highest BCUT2D eigenvalue weighted by Crippen LogP contribution is 2.35. The molecule has 0 spiro atoms. The summed E-state index contributed by atoms with van der Waals surface area (Å²) in [6.45, 7) is 2.03. The summed E-state index contributed by atoms with van der Waals surface area (Å²) >= 11 is 0. The number of ether oxygens (including phenoxy) is 1.